The topological polar surface area (TPSA) is 93.1 Å². The van der Waals surface area contributed by atoms with Crippen molar-refractivity contribution in [1.82, 2.24) is 20.6 Å². The van der Waals surface area contributed by atoms with E-state index in [1.807, 2.05) is 60.7 Å². The van der Waals surface area contributed by atoms with E-state index in [1.54, 1.807) is 36.0 Å². The number of carbonyl (C=O) groups excluding carboxylic acids is 2. The second-order valence-corrected chi connectivity index (χ2v) is 8.42. The van der Waals surface area contributed by atoms with E-state index in [9.17, 15) is 14.4 Å². The van der Waals surface area contributed by atoms with Gasteiger partial charge in [-0.2, -0.15) is 5.10 Å². The standard InChI is InChI=1S/C25H22N4O3S/c30-22(15-16-33-19-11-5-2-6-12-19)26-27-24(31)23-20-13-7-8-14-21(20)25(32)29(28-23)17-18-9-3-1-4-10-18/h1-14H,15-17H2,(H,26,30)(H,27,31). The Kier molecular flexibility index (Phi) is 7.16. The number of benzene rings is 3. The van der Waals surface area contributed by atoms with E-state index in [0.717, 1.165) is 10.5 Å². The summed E-state index contributed by atoms with van der Waals surface area (Å²) in [5.74, 6) is -0.319. The number of rotatable bonds is 7. The minimum atomic E-state index is -0.586. The molecule has 4 aromatic rings. The van der Waals surface area contributed by atoms with Gasteiger partial charge in [0.05, 0.1) is 11.9 Å². The largest absolute Gasteiger partial charge is 0.290 e. The molecule has 3 aromatic carbocycles. The first-order chi connectivity index (χ1) is 16.1. The Morgan fingerprint density at radius 1 is 0.818 bits per heavy atom. The third-order valence-corrected chi connectivity index (χ3v) is 5.93. The summed E-state index contributed by atoms with van der Waals surface area (Å²) >= 11 is 1.56. The molecule has 33 heavy (non-hydrogen) atoms. The fourth-order valence-electron chi connectivity index (χ4n) is 3.29. The Labute approximate surface area is 194 Å². The van der Waals surface area contributed by atoms with Crippen LogP contribution in [-0.4, -0.2) is 27.3 Å². The van der Waals surface area contributed by atoms with Crippen molar-refractivity contribution < 1.29 is 9.59 Å². The Bertz CT molecular complexity index is 1320. The number of nitrogens with zero attached hydrogens (tertiary/aromatic N) is 2. The SMILES string of the molecule is O=C(CCSc1ccccc1)NNC(=O)c1nn(Cc2ccccc2)c(=O)c2ccccc12. The summed E-state index contributed by atoms with van der Waals surface area (Å²) in [6, 6.07) is 26.0. The Balaban J connectivity index is 1.46. The molecule has 0 fully saturated rings. The molecule has 166 valence electrons. The maximum atomic E-state index is 12.9. The van der Waals surface area contributed by atoms with Gasteiger partial charge in [0.1, 0.15) is 0 Å². The van der Waals surface area contributed by atoms with Crippen LogP contribution in [0.3, 0.4) is 0 Å². The predicted octanol–water partition coefficient (Wildman–Crippen LogP) is 3.39. The fraction of sp³-hybridized carbons (Fsp3) is 0.120. The quantitative estimate of drug-likeness (QED) is 0.327. The van der Waals surface area contributed by atoms with Crippen LogP contribution < -0.4 is 16.4 Å². The van der Waals surface area contributed by atoms with Gasteiger partial charge in [-0.3, -0.25) is 25.2 Å². The molecule has 2 N–H and O–H groups in total. The number of carbonyl (C=O) groups is 2. The zero-order chi connectivity index (χ0) is 23.0. The Morgan fingerprint density at radius 3 is 2.18 bits per heavy atom. The van der Waals surface area contributed by atoms with Gasteiger partial charge in [0.25, 0.3) is 11.5 Å². The summed E-state index contributed by atoms with van der Waals surface area (Å²) < 4.78 is 1.27. The molecule has 0 spiro atoms. The number of aromatic nitrogens is 2. The first kappa shape index (κ1) is 22.3. The lowest BCUT2D eigenvalue weighted by atomic mass is 10.1. The average Bonchev–Trinajstić information content (AvgIpc) is 2.85. The normalized spacial score (nSPS) is 10.7. The molecule has 0 atom stereocenters. The monoisotopic (exact) mass is 458 g/mol. The fourth-order valence-corrected chi connectivity index (χ4v) is 4.17. The van der Waals surface area contributed by atoms with Crippen LogP contribution >= 0.6 is 11.8 Å². The van der Waals surface area contributed by atoms with Gasteiger partial charge >= 0.3 is 0 Å². The van der Waals surface area contributed by atoms with Crippen LogP contribution in [0.15, 0.2) is 94.6 Å². The summed E-state index contributed by atoms with van der Waals surface area (Å²) in [7, 11) is 0. The molecule has 7 nitrogen and oxygen atoms in total. The van der Waals surface area contributed by atoms with E-state index < -0.39 is 5.91 Å². The highest BCUT2D eigenvalue weighted by Crippen LogP contribution is 2.17. The first-order valence-electron chi connectivity index (χ1n) is 10.4. The number of hydrogen-bond donors (Lipinski definition) is 2. The number of hydrogen-bond acceptors (Lipinski definition) is 5. The number of hydrazine groups is 1. The summed E-state index contributed by atoms with van der Waals surface area (Å²) in [5, 5.41) is 5.13. The van der Waals surface area contributed by atoms with Crippen LogP contribution in [0, 0.1) is 0 Å². The van der Waals surface area contributed by atoms with Crippen molar-refractivity contribution >= 4 is 34.3 Å². The highest BCUT2D eigenvalue weighted by molar-refractivity contribution is 7.99. The van der Waals surface area contributed by atoms with Gasteiger partial charge < -0.3 is 0 Å². The van der Waals surface area contributed by atoms with E-state index in [1.165, 1.54) is 4.68 Å². The molecular formula is C25H22N4O3S. The molecule has 2 amide bonds. The Morgan fingerprint density at radius 2 is 1.45 bits per heavy atom. The second kappa shape index (κ2) is 10.6. The van der Waals surface area contributed by atoms with E-state index in [0.29, 0.717) is 16.5 Å². The minimum absolute atomic E-state index is 0.0695. The van der Waals surface area contributed by atoms with Crippen LogP contribution in [0.25, 0.3) is 10.8 Å². The molecule has 8 heteroatoms. The van der Waals surface area contributed by atoms with Gasteiger partial charge in [0.2, 0.25) is 5.91 Å². The summed E-state index contributed by atoms with van der Waals surface area (Å²) in [6.07, 6.45) is 0.238. The molecule has 0 aliphatic carbocycles. The highest BCUT2D eigenvalue weighted by atomic mass is 32.2. The minimum Gasteiger partial charge on any atom is -0.273 e. The van der Waals surface area contributed by atoms with Crippen molar-refractivity contribution in [3.63, 3.8) is 0 Å². The van der Waals surface area contributed by atoms with Crippen LogP contribution in [0.4, 0.5) is 0 Å². The van der Waals surface area contributed by atoms with Crippen molar-refractivity contribution in [2.45, 2.75) is 17.9 Å². The lowest BCUT2D eigenvalue weighted by molar-refractivity contribution is -0.121. The van der Waals surface area contributed by atoms with Crippen LogP contribution in [0.1, 0.15) is 22.5 Å². The molecular weight excluding hydrogens is 436 g/mol. The zero-order valence-electron chi connectivity index (χ0n) is 17.7. The second-order valence-electron chi connectivity index (χ2n) is 7.26. The Hall–Kier alpha value is -3.91. The van der Waals surface area contributed by atoms with Crippen LogP contribution in [0.5, 0.6) is 0 Å². The number of thioether (sulfide) groups is 1. The molecule has 0 radical (unpaired) electrons. The van der Waals surface area contributed by atoms with Crippen LogP contribution in [0.2, 0.25) is 0 Å². The molecule has 0 aliphatic rings. The van der Waals surface area contributed by atoms with E-state index in [-0.39, 0.29) is 30.1 Å². The molecule has 0 bridgehead atoms. The van der Waals surface area contributed by atoms with E-state index in [4.69, 9.17) is 0 Å². The molecule has 1 aromatic heterocycles. The molecule has 0 aliphatic heterocycles. The molecule has 1 heterocycles. The van der Waals surface area contributed by atoms with Crippen molar-refractivity contribution in [2.75, 3.05) is 5.75 Å². The maximum absolute atomic E-state index is 12.9. The van der Waals surface area contributed by atoms with Crippen molar-refractivity contribution in [3.05, 3.63) is 107 Å². The zero-order valence-corrected chi connectivity index (χ0v) is 18.5. The smallest absolute Gasteiger partial charge is 0.273 e. The summed E-state index contributed by atoms with van der Waals surface area (Å²) in [4.78, 5) is 39.0. The maximum Gasteiger partial charge on any atom is 0.290 e. The predicted molar refractivity (Wildman–Crippen MR) is 129 cm³/mol. The molecule has 0 unspecified atom stereocenters. The van der Waals surface area contributed by atoms with E-state index in [2.05, 4.69) is 16.0 Å². The van der Waals surface area contributed by atoms with Crippen LogP contribution in [-0.2, 0) is 11.3 Å². The summed E-state index contributed by atoms with van der Waals surface area (Å²) in [6.45, 7) is 0.230. The van der Waals surface area contributed by atoms with Gasteiger partial charge in [-0.15, -0.1) is 11.8 Å². The van der Waals surface area contributed by atoms with Gasteiger partial charge in [-0.25, -0.2) is 4.68 Å². The molecule has 0 saturated carbocycles. The highest BCUT2D eigenvalue weighted by Gasteiger charge is 2.17. The van der Waals surface area contributed by atoms with Crippen molar-refractivity contribution in [2.24, 2.45) is 0 Å². The molecule has 0 saturated heterocycles. The lowest BCUT2D eigenvalue weighted by Crippen LogP contribution is -2.43. The van der Waals surface area contributed by atoms with E-state index >= 15 is 0 Å². The van der Waals surface area contributed by atoms with Gasteiger partial charge in [0.15, 0.2) is 5.69 Å². The summed E-state index contributed by atoms with van der Waals surface area (Å²) in [5.41, 5.74) is 5.53. The van der Waals surface area contributed by atoms with Crippen molar-refractivity contribution in [3.8, 4) is 0 Å². The number of nitrogens with one attached hydrogen (secondary N) is 2. The first-order valence-corrected chi connectivity index (χ1v) is 11.4. The number of fused-ring (bicyclic) bond motifs is 1. The lowest BCUT2D eigenvalue weighted by Gasteiger charge is -2.12. The number of amides is 2. The molecule has 4 rings (SSSR count). The van der Waals surface area contributed by atoms with Gasteiger partial charge in [0, 0.05) is 22.5 Å². The van der Waals surface area contributed by atoms with Gasteiger partial charge in [-0.05, 0) is 23.8 Å². The third kappa shape index (κ3) is 5.67. The average molecular weight is 459 g/mol. The van der Waals surface area contributed by atoms with Crippen molar-refractivity contribution in [1.29, 1.82) is 0 Å². The third-order valence-electron chi connectivity index (χ3n) is 4.91. The van der Waals surface area contributed by atoms with Gasteiger partial charge in [-0.1, -0.05) is 66.7 Å².